The van der Waals surface area contributed by atoms with Gasteiger partial charge in [-0.1, -0.05) is 18.2 Å². The van der Waals surface area contributed by atoms with E-state index in [-0.39, 0.29) is 5.56 Å². The molecule has 0 atom stereocenters. The number of allylic oxidation sites excluding steroid dienone is 1. The van der Waals surface area contributed by atoms with Gasteiger partial charge in [0.15, 0.2) is 22.8 Å². The second-order valence-electron chi connectivity index (χ2n) is 7.59. The van der Waals surface area contributed by atoms with Crippen molar-refractivity contribution >= 4 is 39.4 Å². The van der Waals surface area contributed by atoms with E-state index in [0.29, 0.717) is 62.6 Å². The van der Waals surface area contributed by atoms with Crippen LogP contribution in [0.2, 0.25) is 0 Å². The Bertz CT molecular complexity index is 1660. The molecule has 0 saturated carbocycles. The molecule has 0 aliphatic carbocycles. The quantitative estimate of drug-likeness (QED) is 0.265. The average molecular weight is 470 g/mol. The van der Waals surface area contributed by atoms with Gasteiger partial charge in [0.2, 0.25) is 5.75 Å². The number of rotatable bonds is 7. The lowest BCUT2D eigenvalue weighted by Gasteiger charge is -2.12. The molecule has 0 aliphatic heterocycles. The van der Waals surface area contributed by atoms with E-state index < -0.39 is 0 Å². The number of fused-ring (bicyclic) bond motifs is 4. The molecular formula is C25H22N6O4. The highest BCUT2D eigenvalue weighted by Gasteiger charge is 2.20. The minimum Gasteiger partial charge on any atom is -0.493 e. The van der Waals surface area contributed by atoms with Gasteiger partial charge >= 0.3 is 0 Å². The van der Waals surface area contributed by atoms with Crippen LogP contribution in [0, 0.1) is 0 Å². The monoisotopic (exact) mass is 470 g/mol. The summed E-state index contributed by atoms with van der Waals surface area (Å²) in [5.41, 5.74) is 2.99. The van der Waals surface area contributed by atoms with Gasteiger partial charge < -0.3 is 14.2 Å². The Kier molecular flexibility index (Phi) is 5.61. The largest absolute Gasteiger partial charge is 0.493 e. The van der Waals surface area contributed by atoms with Crippen molar-refractivity contribution in [3.05, 3.63) is 71.3 Å². The maximum Gasteiger partial charge on any atom is 0.265 e. The summed E-state index contributed by atoms with van der Waals surface area (Å²) in [5, 5.41) is 4.97. The predicted molar refractivity (Wildman–Crippen MR) is 134 cm³/mol. The van der Waals surface area contributed by atoms with E-state index in [1.165, 1.54) is 15.6 Å². The molecule has 176 valence electrons. The van der Waals surface area contributed by atoms with Crippen molar-refractivity contribution in [2.45, 2.75) is 6.54 Å². The van der Waals surface area contributed by atoms with Gasteiger partial charge in [-0.2, -0.15) is 9.78 Å². The molecule has 0 amide bonds. The van der Waals surface area contributed by atoms with Crippen molar-refractivity contribution < 1.29 is 14.2 Å². The lowest BCUT2D eigenvalue weighted by atomic mass is 10.2. The van der Waals surface area contributed by atoms with Crippen LogP contribution < -0.4 is 19.8 Å². The predicted octanol–water partition coefficient (Wildman–Crippen LogP) is 3.39. The summed E-state index contributed by atoms with van der Waals surface area (Å²) in [5.74, 6) is 1.46. The molecule has 2 aromatic carbocycles. The fourth-order valence-corrected chi connectivity index (χ4v) is 3.93. The Labute approximate surface area is 199 Å². The first-order chi connectivity index (χ1) is 17.1. The lowest BCUT2D eigenvalue weighted by molar-refractivity contribution is 0.324. The highest BCUT2D eigenvalue weighted by Crippen LogP contribution is 2.37. The molecule has 10 nitrogen and oxygen atoms in total. The van der Waals surface area contributed by atoms with E-state index in [1.54, 1.807) is 45.8 Å². The average Bonchev–Trinajstić information content (AvgIpc) is 3.19. The molecule has 5 rings (SSSR count). The second-order valence-corrected chi connectivity index (χ2v) is 7.59. The molecule has 0 bridgehead atoms. The number of nitrogens with zero attached hydrogens (tertiary/aromatic N) is 6. The Balaban J connectivity index is 1.78. The molecule has 0 aliphatic rings. The van der Waals surface area contributed by atoms with Gasteiger partial charge in [-0.3, -0.25) is 9.36 Å². The highest BCUT2D eigenvalue weighted by molar-refractivity contribution is 6.04. The van der Waals surface area contributed by atoms with Crippen LogP contribution >= 0.6 is 0 Å². The molecule has 0 spiro atoms. The molecule has 35 heavy (non-hydrogen) atoms. The number of aromatic nitrogens is 5. The van der Waals surface area contributed by atoms with Crippen molar-refractivity contribution in [2.75, 3.05) is 21.3 Å². The zero-order valence-corrected chi connectivity index (χ0v) is 19.4. The van der Waals surface area contributed by atoms with E-state index in [4.69, 9.17) is 24.2 Å². The molecule has 10 heteroatoms. The summed E-state index contributed by atoms with van der Waals surface area (Å²) < 4.78 is 19.3. The normalized spacial score (nSPS) is 11.5. The zero-order valence-electron chi connectivity index (χ0n) is 19.4. The van der Waals surface area contributed by atoms with Crippen molar-refractivity contribution in [3.8, 4) is 17.2 Å². The van der Waals surface area contributed by atoms with Gasteiger partial charge in [0.05, 0.1) is 38.6 Å². The maximum atomic E-state index is 13.3. The van der Waals surface area contributed by atoms with Gasteiger partial charge in [0.25, 0.3) is 5.56 Å². The smallest absolute Gasteiger partial charge is 0.265 e. The summed E-state index contributed by atoms with van der Waals surface area (Å²) >= 11 is 0. The first kappa shape index (κ1) is 22.1. The highest BCUT2D eigenvalue weighted by atomic mass is 16.5. The minimum absolute atomic E-state index is 0.244. The van der Waals surface area contributed by atoms with Crippen LogP contribution in [0.3, 0.4) is 0 Å². The molecule has 3 heterocycles. The lowest BCUT2D eigenvalue weighted by Crippen LogP contribution is -2.19. The van der Waals surface area contributed by atoms with Crippen molar-refractivity contribution in [1.29, 1.82) is 0 Å². The number of para-hydroxylation sites is 2. The third-order valence-corrected chi connectivity index (χ3v) is 5.54. The van der Waals surface area contributed by atoms with Crippen LogP contribution in [0.25, 0.3) is 33.2 Å². The van der Waals surface area contributed by atoms with E-state index in [2.05, 4.69) is 16.7 Å². The molecule has 0 saturated heterocycles. The molecule has 0 fully saturated rings. The fourth-order valence-electron chi connectivity index (χ4n) is 3.93. The van der Waals surface area contributed by atoms with Gasteiger partial charge in [0.1, 0.15) is 17.2 Å². The van der Waals surface area contributed by atoms with E-state index in [9.17, 15) is 4.79 Å². The van der Waals surface area contributed by atoms with Crippen LogP contribution in [-0.4, -0.2) is 51.7 Å². The fraction of sp³-hybridized carbons (Fsp3) is 0.160. The van der Waals surface area contributed by atoms with E-state index in [0.717, 1.165) is 0 Å². The van der Waals surface area contributed by atoms with Crippen LogP contribution in [0.15, 0.2) is 65.3 Å². The molecule has 0 unspecified atom stereocenters. The van der Waals surface area contributed by atoms with E-state index >= 15 is 0 Å². The van der Waals surface area contributed by atoms with Gasteiger partial charge in [-0.15, -0.1) is 6.58 Å². The first-order valence-corrected chi connectivity index (χ1v) is 10.7. The number of ether oxygens (including phenoxy) is 3. The second kappa shape index (κ2) is 8.90. The summed E-state index contributed by atoms with van der Waals surface area (Å²) in [4.78, 5) is 27.3. The number of hydrogen-bond acceptors (Lipinski definition) is 8. The van der Waals surface area contributed by atoms with Gasteiger partial charge in [0, 0.05) is 12.1 Å². The maximum absolute atomic E-state index is 13.3. The molecule has 3 aromatic heterocycles. The van der Waals surface area contributed by atoms with E-state index in [1.807, 2.05) is 24.3 Å². The SMILES string of the molecule is C=CCn1cnc2c(c1=O)c1nc3ccccc3nc1n2/N=C\c1cc(OC)c(OC)c(OC)c1. The first-order valence-electron chi connectivity index (χ1n) is 10.7. The van der Waals surface area contributed by atoms with Crippen LogP contribution in [0.5, 0.6) is 17.2 Å². The van der Waals surface area contributed by atoms with Crippen molar-refractivity contribution in [2.24, 2.45) is 5.10 Å². The zero-order chi connectivity index (χ0) is 24.5. The molecular weight excluding hydrogens is 448 g/mol. The summed E-state index contributed by atoms with van der Waals surface area (Å²) in [6.45, 7) is 4.04. The molecule has 5 aromatic rings. The third-order valence-electron chi connectivity index (χ3n) is 5.54. The van der Waals surface area contributed by atoms with Gasteiger partial charge in [-0.25, -0.2) is 15.0 Å². The summed E-state index contributed by atoms with van der Waals surface area (Å²) in [7, 11) is 4.63. The van der Waals surface area contributed by atoms with Gasteiger partial charge in [-0.05, 0) is 24.3 Å². The molecule has 0 radical (unpaired) electrons. The van der Waals surface area contributed by atoms with Crippen molar-refractivity contribution in [3.63, 3.8) is 0 Å². The Morgan fingerprint density at radius 2 is 1.69 bits per heavy atom. The minimum atomic E-state index is -0.244. The third kappa shape index (κ3) is 3.65. The topological polar surface area (TPSA) is 106 Å². The Morgan fingerprint density at radius 1 is 1.00 bits per heavy atom. The number of hydrogen-bond donors (Lipinski definition) is 0. The van der Waals surface area contributed by atoms with Crippen LogP contribution in [-0.2, 0) is 6.54 Å². The van der Waals surface area contributed by atoms with Crippen LogP contribution in [0.4, 0.5) is 0 Å². The Hall–Kier alpha value is -4.73. The summed E-state index contributed by atoms with van der Waals surface area (Å²) in [6, 6.07) is 11.0. The molecule has 0 N–H and O–H groups in total. The number of methoxy groups -OCH3 is 3. The van der Waals surface area contributed by atoms with Crippen molar-refractivity contribution in [1.82, 2.24) is 24.2 Å². The standard InChI is InChI=1S/C25H22N6O4/c1-5-10-30-14-26-23-20(25(30)32)21-24(29-17-9-7-6-8-16(17)28-21)31(23)27-13-15-11-18(33-2)22(35-4)19(12-15)34-3/h5-9,11-14H,1,10H2,2-4H3/b27-13-. The van der Waals surface area contributed by atoms with Crippen LogP contribution in [0.1, 0.15) is 5.56 Å². The Morgan fingerprint density at radius 3 is 2.31 bits per heavy atom. The summed E-state index contributed by atoms with van der Waals surface area (Å²) in [6.07, 6.45) is 4.71. The number of benzene rings is 2.